The van der Waals surface area contributed by atoms with Gasteiger partial charge in [-0.2, -0.15) is 0 Å². The zero-order valence-corrected chi connectivity index (χ0v) is 14.0. The fourth-order valence-corrected chi connectivity index (χ4v) is 2.22. The number of H-pyrrole nitrogens is 1. The van der Waals surface area contributed by atoms with Crippen molar-refractivity contribution in [1.29, 1.82) is 0 Å². The van der Waals surface area contributed by atoms with Gasteiger partial charge in [-0.1, -0.05) is 12.1 Å². The molecule has 0 bridgehead atoms. The van der Waals surface area contributed by atoms with E-state index in [1.54, 1.807) is 6.92 Å². The van der Waals surface area contributed by atoms with Gasteiger partial charge in [-0.3, -0.25) is 14.4 Å². The number of hydrogen-bond acceptors (Lipinski definition) is 3. The minimum absolute atomic E-state index is 0.0375. The first kappa shape index (κ1) is 17.5. The van der Waals surface area contributed by atoms with E-state index < -0.39 is 5.91 Å². The van der Waals surface area contributed by atoms with Crippen LogP contribution in [0, 0.1) is 20.8 Å². The van der Waals surface area contributed by atoms with Crippen molar-refractivity contribution in [2.24, 2.45) is 0 Å². The second-order valence-electron chi connectivity index (χ2n) is 5.77. The lowest BCUT2D eigenvalue weighted by atomic mass is 10.1. The number of nitrogens with one attached hydrogen (secondary N) is 3. The van der Waals surface area contributed by atoms with Crippen LogP contribution in [0.4, 0.5) is 5.69 Å². The smallest absolute Gasteiger partial charge is 0.256 e. The molecule has 2 aromatic rings. The molecule has 0 fully saturated rings. The van der Waals surface area contributed by atoms with Gasteiger partial charge in [0.05, 0.1) is 0 Å². The number of anilines is 1. The Bertz CT molecular complexity index is 824. The zero-order chi connectivity index (χ0) is 17.7. The monoisotopic (exact) mass is 327 g/mol. The van der Waals surface area contributed by atoms with Crippen molar-refractivity contribution in [2.75, 3.05) is 11.9 Å². The SMILES string of the molecule is Cc1ccc(C)c(NC(=O)CCNC(=O)c2c[nH]c(C)cc2=O)c1. The van der Waals surface area contributed by atoms with Crippen molar-refractivity contribution in [2.45, 2.75) is 27.2 Å². The number of aromatic nitrogens is 1. The molecule has 0 unspecified atom stereocenters. The molecular weight excluding hydrogens is 306 g/mol. The third kappa shape index (κ3) is 4.55. The minimum atomic E-state index is -0.490. The molecule has 0 spiro atoms. The summed E-state index contributed by atoms with van der Waals surface area (Å²) in [7, 11) is 0. The van der Waals surface area contributed by atoms with Gasteiger partial charge in [-0.25, -0.2) is 0 Å². The predicted octanol–water partition coefficient (Wildman–Crippen LogP) is 2.06. The number of benzene rings is 1. The maximum atomic E-state index is 12.0. The van der Waals surface area contributed by atoms with Gasteiger partial charge in [0.1, 0.15) is 5.56 Å². The molecule has 2 amide bonds. The molecule has 126 valence electrons. The Morgan fingerprint density at radius 2 is 1.88 bits per heavy atom. The number of pyridine rings is 1. The van der Waals surface area contributed by atoms with Crippen LogP contribution in [0.1, 0.15) is 33.6 Å². The molecule has 1 heterocycles. The first-order valence-corrected chi connectivity index (χ1v) is 7.71. The molecule has 0 aliphatic heterocycles. The fraction of sp³-hybridized carbons (Fsp3) is 0.278. The van der Waals surface area contributed by atoms with Gasteiger partial charge in [-0.15, -0.1) is 0 Å². The summed E-state index contributed by atoms with van der Waals surface area (Å²) < 4.78 is 0. The van der Waals surface area contributed by atoms with Crippen molar-refractivity contribution < 1.29 is 9.59 Å². The topological polar surface area (TPSA) is 91.1 Å². The molecule has 6 nitrogen and oxygen atoms in total. The fourth-order valence-electron chi connectivity index (χ4n) is 2.22. The molecule has 0 saturated carbocycles. The Morgan fingerprint density at radius 3 is 2.58 bits per heavy atom. The minimum Gasteiger partial charge on any atom is -0.364 e. The van der Waals surface area contributed by atoms with Crippen LogP contribution >= 0.6 is 0 Å². The number of rotatable bonds is 5. The van der Waals surface area contributed by atoms with E-state index in [1.165, 1.54) is 12.3 Å². The van der Waals surface area contributed by atoms with Crippen LogP contribution in [0.5, 0.6) is 0 Å². The highest BCUT2D eigenvalue weighted by molar-refractivity contribution is 5.95. The molecule has 3 N–H and O–H groups in total. The first-order valence-electron chi connectivity index (χ1n) is 7.71. The summed E-state index contributed by atoms with van der Waals surface area (Å²) in [6, 6.07) is 7.18. The molecule has 1 aromatic heterocycles. The van der Waals surface area contributed by atoms with E-state index >= 15 is 0 Å². The van der Waals surface area contributed by atoms with Gasteiger partial charge in [0.25, 0.3) is 5.91 Å². The molecule has 0 aliphatic rings. The van der Waals surface area contributed by atoms with Gasteiger partial charge >= 0.3 is 0 Å². The summed E-state index contributed by atoms with van der Waals surface area (Å²) in [5.74, 6) is -0.683. The van der Waals surface area contributed by atoms with Crippen LogP contribution in [-0.2, 0) is 4.79 Å². The van der Waals surface area contributed by atoms with Crippen molar-refractivity contribution >= 4 is 17.5 Å². The number of carbonyl (C=O) groups excluding carboxylic acids is 2. The molecule has 2 rings (SSSR count). The van der Waals surface area contributed by atoms with Crippen LogP contribution in [0.15, 0.2) is 35.3 Å². The number of aromatic amines is 1. The molecule has 0 aliphatic carbocycles. The zero-order valence-electron chi connectivity index (χ0n) is 14.0. The number of amides is 2. The van der Waals surface area contributed by atoms with Gasteiger partial charge in [-0.05, 0) is 38.0 Å². The van der Waals surface area contributed by atoms with Crippen LogP contribution in [-0.4, -0.2) is 23.3 Å². The highest BCUT2D eigenvalue weighted by Crippen LogP contribution is 2.16. The van der Waals surface area contributed by atoms with E-state index in [4.69, 9.17) is 0 Å². The highest BCUT2D eigenvalue weighted by atomic mass is 16.2. The van der Waals surface area contributed by atoms with E-state index in [9.17, 15) is 14.4 Å². The lowest BCUT2D eigenvalue weighted by Gasteiger charge is -2.10. The first-order chi connectivity index (χ1) is 11.4. The summed E-state index contributed by atoms with van der Waals surface area (Å²) in [4.78, 5) is 38.5. The van der Waals surface area contributed by atoms with E-state index in [2.05, 4.69) is 15.6 Å². The van der Waals surface area contributed by atoms with Crippen molar-refractivity contribution in [1.82, 2.24) is 10.3 Å². The summed E-state index contributed by atoms with van der Waals surface area (Å²) in [6.07, 6.45) is 1.51. The van der Waals surface area contributed by atoms with E-state index in [0.717, 1.165) is 16.8 Å². The lowest BCUT2D eigenvalue weighted by Crippen LogP contribution is -2.31. The molecule has 1 aromatic carbocycles. The third-order valence-corrected chi connectivity index (χ3v) is 3.61. The van der Waals surface area contributed by atoms with E-state index in [1.807, 2.05) is 32.0 Å². The number of aryl methyl sites for hydroxylation is 3. The standard InChI is InChI=1S/C18H21N3O3/c1-11-4-5-12(2)15(8-11)21-17(23)6-7-19-18(24)14-10-20-13(3)9-16(14)22/h4-5,8-10H,6-7H2,1-3H3,(H,19,24)(H,20,22)(H,21,23). The van der Waals surface area contributed by atoms with Crippen LogP contribution in [0.25, 0.3) is 0 Å². The summed E-state index contributed by atoms with van der Waals surface area (Å²) in [5, 5.41) is 5.41. The van der Waals surface area contributed by atoms with Gasteiger partial charge in [0, 0.05) is 36.6 Å². The summed E-state index contributed by atoms with van der Waals surface area (Å²) in [5.41, 5.74) is 3.18. The van der Waals surface area contributed by atoms with Crippen LogP contribution < -0.4 is 16.1 Å². The van der Waals surface area contributed by atoms with Gasteiger partial charge in [0.2, 0.25) is 5.91 Å². The van der Waals surface area contributed by atoms with Crippen molar-refractivity contribution in [3.8, 4) is 0 Å². The average molecular weight is 327 g/mol. The Morgan fingerprint density at radius 1 is 1.12 bits per heavy atom. The maximum absolute atomic E-state index is 12.0. The van der Waals surface area contributed by atoms with Crippen LogP contribution in [0.2, 0.25) is 0 Å². The Labute approximate surface area is 140 Å². The lowest BCUT2D eigenvalue weighted by molar-refractivity contribution is -0.116. The molecule has 24 heavy (non-hydrogen) atoms. The van der Waals surface area contributed by atoms with Gasteiger partial charge in [0.15, 0.2) is 5.43 Å². The number of hydrogen-bond donors (Lipinski definition) is 3. The van der Waals surface area contributed by atoms with E-state index in [-0.39, 0.29) is 29.9 Å². The number of carbonyl (C=O) groups is 2. The van der Waals surface area contributed by atoms with Crippen molar-refractivity contribution in [3.63, 3.8) is 0 Å². The summed E-state index contributed by atoms with van der Waals surface area (Å²) in [6.45, 7) is 5.76. The largest absolute Gasteiger partial charge is 0.364 e. The predicted molar refractivity (Wildman–Crippen MR) is 93.3 cm³/mol. The summed E-state index contributed by atoms with van der Waals surface area (Å²) >= 11 is 0. The average Bonchev–Trinajstić information content (AvgIpc) is 2.50. The molecule has 6 heteroatoms. The molecule has 0 saturated heterocycles. The molecule has 0 radical (unpaired) electrons. The second kappa shape index (κ2) is 7.59. The van der Waals surface area contributed by atoms with E-state index in [0.29, 0.717) is 5.69 Å². The molecular formula is C18H21N3O3. The normalized spacial score (nSPS) is 10.3. The third-order valence-electron chi connectivity index (χ3n) is 3.61. The van der Waals surface area contributed by atoms with Crippen LogP contribution in [0.3, 0.4) is 0 Å². The maximum Gasteiger partial charge on any atom is 0.256 e. The molecule has 0 atom stereocenters. The quantitative estimate of drug-likeness (QED) is 0.785. The Hall–Kier alpha value is -2.89. The van der Waals surface area contributed by atoms with Crippen molar-refractivity contribution in [3.05, 3.63) is 63.1 Å². The van der Waals surface area contributed by atoms with Gasteiger partial charge < -0.3 is 15.6 Å². The highest BCUT2D eigenvalue weighted by Gasteiger charge is 2.11. The Balaban J connectivity index is 1.87. The second-order valence-corrected chi connectivity index (χ2v) is 5.77. The Kier molecular flexibility index (Phi) is 5.52.